The minimum Gasteiger partial charge on any atom is -0.384 e. The molecule has 22 heavy (non-hydrogen) atoms. The molecule has 1 aromatic carbocycles. The number of hydrogen-bond acceptors (Lipinski definition) is 5. The summed E-state index contributed by atoms with van der Waals surface area (Å²) in [5.74, 6) is -1.37. The van der Waals surface area contributed by atoms with Gasteiger partial charge in [-0.3, -0.25) is 24.3 Å². The molecule has 0 fully saturated rings. The number of rotatable bonds is 1. The number of carbonyl (C=O) groups is 2. The summed E-state index contributed by atoms with van der Waals surface area (Å²) < 4.78 is 1.77. The number of imide groups is 1. The Morgan fingerprint density at radius 1 is 1.18 bits per heavy atom. The molecule has 0 atom stereocenters. The SMILES string of the molecule is N#Cc1ccc(-n2c(N)c3c(cc2=O)C(=O)NC3=O)c(I)c1. The van der Waals surface area contributed by atoms with Gasteiger partial charge in [-0.2, -0.15) is 5.26 Å². The molecule has 0 spiro atoms. The van der Waals surface area contributed by atoms with Crippen molar-refractivity contribution < 1.29 is 9.59 Å². The minimum atomic E-state index is -0.634. The summed E-state index contributed by atoms with van der Waals surface area (Å²) in [7, 11) is 0. The van der Waals surface area contributed by atoms with Crippen LogP contribution in [0.25, 0.3) is 5.69 Å². The first-order chi connectivity index (χ1) is 10.4. The summed E-state index contributed by atoms with van der Waals surface area (Å²) in [5.41, 5.74) is 6.27. The van der Waals surface area contributed by atoms with Crippen molar-refractivity contribution in [1.82, 2.24) is 9.88 Å². The highest BCUT2D eigenvalue weighted by Gasteiger charge is 2.32. The lowest BCUT2D eigenvalue weighted by atomic mass is 10.1. The average Bonchev–Trinajstić information content (AvgIpc) is 2.75. The molecule has 0 radical (unpaired) electrons. The fraction of sp³-hybridized carbons (Fsp3) is 0. The van der Waals surface area contributed by atoms with E-state index in [9.17, 15) is 14.4 Å². The van der Waals surface area contributed by atoms with Gasteiger partial charge in [0.1, 0.15) is 5.82 Å². The van der Waals surface area contributed by atoms with Gasteiger partial charge < -0.3 is 5.73 Å². The molecule has 1 aromatic heterocycles. The molecule has 0 bridgehead atoms. The zero-order valence-electron chi connectivity index (χ0n) is 10.9. The van der Waals surface area contributed by atoms with Crippen LogP contribution in [-0.2, 0) is 0 Å². The van der Waals surface area contributed by atoms with E-state index >= 15 is 0 Å². The first-order valence-electron chi connectivity index (χ1n) is 6.05. The lowest BCUT2D eigenvalue weighted by Crippen LogP contribution is -2.24. The van der Waals surface area contributed by atoms with Crippen LogP contribution in [0.2, 0.25) is 0 Å². The number of anilines is 1. The Labute approximate surface area is 137 Å². The van der Waals surface area contributed by atoms with Crippen LogP contribution in [0, 0.1) is 14.9 Å². The first-order valence-corrected chi connectivity index (χ1v) is 7.13. The normalized spacial score (nSPS) is 12.7. The zero-order chi connectivity index (χ0) is 16.0. The number of pyridine rings is 1. The molecule has 3 N–H and O–H groups in total. The fourth-order valence-electron chi connectivity index (χ4n) is 2.29. The average molecular weight is 406 g/mol. The van der Waals surface area contributed by atoms with E-state index in [1.54, 1.807) is 18.2 Å². The van der Waals surface area contributed by atoms with Crippen LogP contribution >= 0.6 is 22.6 Å². The van der Waals surface area contributed by atoms with E-state index in [4.69, 9.17) is 11.0 Å². The van der Waals surface area contributed by atoms with E-state index in [2.05, 4.69) is 5.32 Å². The summed E-state index contributed by atoms with van der Waals surface area (Å²) in [4.78, 5) is 35.7. The number of nitrogens with one attached hydrogen (secondary N) is 1. The van der Waals surface area contributed by atoms with Crippen LogP contribution in [0.1, 0.15) is 26.3 Å². The van der Waals surface area contributed by atoms with Crippen LogP contribution in [0.3, 0.4) is 0 Å². The van der Waals surface area contributed by atoms with Crippen molar-refractivity contribution in [3.63, 3.8) is 0 Å². The van der Waals surface area contributed by atoms with Crippen molar-refractivity contribution in [2.24, 2.45) is 0 Å². The number of nitriles is 1. The summed E-state index contributed by atoms with van der Waals surface area (Å²) in [5, 5.41) is 11.0. The van der Waals surface area contributed by atoms with E-state index in [1.165, 1.54) is 0 Å². The van der Waals surface area contributed by atoms with Crippen molar-refractivity contribution in [2.45, 2.75) is 0 Å². The topological polar surface area (TPSA) is 118 Å². The highest BCUT2D eigenvalue weighted by molar-refractivity contribution is 14.1. The lowest BCUT2D eigenvalue weighted by molar-refractivity contribution is 0.0880. The fourth-order valence-corrected chi connectivity index (χ4v) is 3.04. The van der Waals surface area contributed by atoms with Crippen LogP contribution in [0.15, 0.2) is 29.1 Å². The van der Waals surface area contributed by atoms with Crippen molar-refractivity contribution in [3.8, 4) is 11.8 Å². The number of nitrogens with zero attached hydrogens (tertiary/aromatic N) is 2. The Bertz CT molecular complexity index is 956. The third-order valence-electron chi connectivity index (χ3n) is 3.27. The molecule has 0 aliphatic carbocycles. The molecule has 0 saturated carbocycles. The molecule has 108 valence electrons. The maximum absolute atomic E-state index is 12.3. The molecule has 2 heterocycles. The van der Waals surface area contributed by atoms with Gasteiger partial charge in [0.25, 0.3) is 17.4 Å². The van der Waals surface area contributed by atoms with Gasteiger partial charge in [0.2, 0.25) is 0 Å². The van der Waals surface area contributed by atoms with Crippen LogP contribution < -0.4 is 16.6 Å². The highest BCUT2D eigenvalue weighted by atomic mass is 127. The molecule has 0 unspecified atom stereocenters. The number of carbonyl (C=O) groups excluding carboxylic acids is 2. The van der Waals surface area contributed by atoms with Gasteiger partial charge in [-0.15, -0.1) is 0 Å². The zero-order valence-corrected chi connectivity index (χ0v) is 13.0. The van der Waals surface area contributed by atoms with Gasteiger partial charge in [0.15, 0.2) is 0 Å². The third kappa shape index (κ3) is 1.98. The van der Waals surface area contributed by atoms with E-state index in [0.29, 0.717) is 14.8 Å². The monoisotopic (exact) mass is 406 g/mol. The van der Waals surface area contributed by atoms with E-state index in [0.717, 1.165) is 10.6 Å². The standard InChI is InChI=1S/C14H7IN4O3/c15-8-3-6(5-16)1-2-9(8)19-10(20)4-7-11(12(19)17)14(22)18-13(7)21/h1-4H,17H2,(H,18,21,22). The van der Waals surface area contributed by atoms with Crippen LogP contribution in [-0.4, -0.2) is 16.4 Å². The number of nitrogens with two attached hydrogens (primary N) is 1. The Morgan fingerprint density at radius 3 is 2.55 bits per heavy atom. The quantitative estimate of drug-likeness (QED) is 0.536. The number of aromatic nitrogens is 1. The maximum atomic E-state index is 12.3. The number of hydrogen-bond donors (Lipinski definition) is 2. The van der Waals surface area contributed by atoms with Crippen molar-refractivity contribution in [3.05, 3.63) is 54.9 Å². The lowest BCUT2D eigenvalue weighted by Gasteiger charge is -2.13. The highest BCUT2D eigenvalue weighted by Crippen LogP contribution is 2.25. The van der Waals surface area contributed by atoms with Gasteiger partial charge in [0, 0.05) is 9.64 Å². The van der Waals surface area contributed by atoms with Gasteiger partial charge in [-0.05, 0) is 40.8 Å². The molecule has 0 saturated heterocycles. The smallest absolute Gasteiger partial charge is 0.262 e. The Kier molecular flexibility index (Phi) is 3.22. The molecule has 1 aliphatic heterocycles. The van der Waals surface area contributed by atoms with Crippen molar-refractivity contribution in [1.29, 1.82) is 5.26 Å². The third-order valence-corrected chi connectivity index (χ3v) is 4.14. The van der Waals surface area contributed by atoms with Gasteiger partial charge >= 0.3 is 0 Å². The van der Waals surface area contributed by atoms with E-state index < -0.39 is 17.4 Å². The first kappa shape index (κ1) is 14.3. The number of amides is 2. The summed E-state index contributed by atoms with van der Waals surface area (Å²) in [6.07, 6.45) is 0. The molecule has 2 aromatic rings. The predicted molar refractivity (Wildman–Crippen MR) is 85.7 cm³/mol. The van der Waals surface area contributed by atoms with Crippen molar-refractivity contribution >= 4 is 40.2 Å². The summed E-state index contributed by atoms with van der Waals surface area (Å²) in [6.45, 7) is 0. The summed E-state index contributed by atoms with van der Waals surface area (Å²) >= 11 is 1.97. The second-order valence-corrected chi connectivity index (χ2v) is 5.72. The Hall–Kier alpha value is -2.67. The summed E-state index contributed by atoms with van der Waals surface area (Å²) in [6, 6.07) is 7.79. The molecule has 3 rings (SSSR count). The molecule has 1 aliphatic rings. The number of halogens is 1. The second kappa shape index (κ2) is 4.96. The van der Waals surface area contributed by atoms with E-state index in [-0.39, 0.29) is 16.9 Å². The molecule has 2 amide bonds. The maximum Gasteiger partial charge on any atom is 0.262 e. The van der Waals surface area contributed by atoms with Crippen LogP contribution in [0.5, 0.6) is 0 Å². The Morgan fingerprint density at radius 2 is 1.91 bits per heavy atom. The van der Waals surface area contributed by atoms with Crippen LogP contribution in [0.4, 0.5) is 5.82 Å². The molecule has 8 heteroatoms. The molecular formula is C14H7IN4O3. The Balaban J connectivity index is 2.33. The number of fused-ring (bicyclic) bond motifs is 1. The largest absolute Gasteiger partial charge is 0.384 e. The van der Waals surface area contributed by atoms with Gasteiger partial charge in [0.05, 0.1) is 28.4 Å². The van der Waals surface area contributed by atoms with Crippen molar-refractivity contribution in [2.75, 3.05) is 5.73 Å². The second-order valence-electron chi connectivity index (χ2n) is 4.55. The number of nitrogen functional groups attached to an aromatic ring is 1. The van der Waals surface area contributed by atoms with E-state index in [1.807, 2.05) is 28.7 Å². The predicted octanol–water partition coefficient (Wildman–Crippen LogP) is 0.780. The minimum absolute atomic E-state index is 0.00948. The molecular weight excluding hydrogens is 399 g/mol. The van der Waals surface area contributed by atoms with Gasteiger partial charge in [-0.25, -0.2) is 0 Å². The van der Waals surface area contributed by atoms with Gasteiger partial charge in [-0.1, -0.05) is 0 Å². The molecule has 7 nitrogen and oxygen atoms in total. The number of benzene rings is 1.